The van der Waals surface area contributed by atoms with E-state index < -0.39 is 18.0 Å². The molecule has 7 heteroatoms. The average Bonchev–Trinajstić information content (AvgIpc) is 2.35. The number of carboxylic acids is 1. The number of anilines is 1. The van der Waals surface area contributed by atoms with Crippen LogP contribution in [0.5, 0.6) is 5.75 Å². The zero-order valence-corrected chi connectivity index (χ0v) is 11.3. The largest absolute Gasteiger partial charge is 0.495 e. The fourth-order valence-corrected chi connectivity index (χ4v) is 1.67. The van der Waals surface area contributed by atoms with Crippen molar-refractivity contribution in [2.45, 2.75) is 19.4 Å². The van der Waals surface area contributed by atoms with Gasteiger partial charge in [0.2, 0.25) is 0 Å². The second-order valence-electron chi connectivity index (χ2n) is 3.75. The Balaban J connectivity index is 2.67. The van der Waals surface area contributed by atoms with Crippen molar-refractivity contribution in [1.29, 1.82) is 0 Å². The molecule has 0 saturated heterocycles. The molecule has 1 atom stereocenters. The minimum absolute atomic E-state index is 0.298. The molecule has 0 aliphatic carbocycles. The number of carbonyl (C=O) groups excluding carboxylic acids is 1. The van der Waals surface area contributed by atoms with Gasteiger partial charge in [0.05, 0.1) is 12.1 Å². The zero-order valence-electron chi connectivity index (χ0n) is 10.6. The van der Waals surface area contributed by atoms with Crippen LogP contribution in [0.15, 0.2) is 18.2 Å². The highest BCUT2D eigenvalue weighted by Crippen LogP contribution is 2.27. The molecule has 0 bridgehead atoms. The first-order valence-corrected chi connectivity index (χ1v) is 5.99. The van der Waals surface area contributed by atoms with Gasteiger partial charge in [0.1, 0.15) is 11.8 Å². The van der Waals surface area contributed by atoms with Gasteiger partial charge in [-0.1, -0.05) is 18.5 Å². The third-order valence-corrected chi connectivity index (χ3v) is 2.72. The van der Waals surface area contributed by atoms with Gasteiger partial charge in [-0.2, -0.15) is 0 Å². The van der Waals surface area contributed by atoms with E-state index in [1.54, 1.807) is 19.1 Å². The zero-order chi connectivity index (χ0) is 14.4. The lowest BCUT2D eigenvalue weighted by molar-refractivity contribution is -0.139. The predicted octanol–water partition coefficient (Wildman–Crippen LogP) is 2.33. The maximum atomic E-state index is 11.6. The second kappa shape index (κ2) is 6.84. The van der Waals surface area contributed by atoms with E-state index in [4.69, 9.17) is 21.4 Å². The summed E-state index contributed by atoms with van der Waals surface area (Å²) in [4.78, 5) is 22.4. The Hall–Kier alpha value is -1.95. The van der Waals surface area contributed by atoms with Gasteiger partial charge >= 0.3 is 12.0 Å². The van der Waals surface area contributed by atoms with Gasteiger partial charge < -0.3 is 20.5 Å². The fraction of sp³-hybridized carbons (Fsp3) is 0.333. The Labute approximate surface area is 115 Å². The summed E-state index contributed by atoms with van der Waals surface area (Å²) in [6.45, 7) is 1.67. The number of nitrogens with one attached hydrogen (secondary N) is 2. The van der Waals surface area contributed by atoms with Gasteiger partial charge in [0.25, 0.3) is 0 Å². The van der Waals surface area contributed by atoms with Crippen molar-refractivity contribution in [2.75, 3.05) is 12.4 Å². The number of aliphatic carboxylic acids is 1. The summed E-state index contributed by atoms with van der Waals surface area (Å²) in [5.41, 5.74) is 0.448. The highest BCUT2D eigenvalue weighted by Gasteiger charge is 2.17. The van der Waals surface area contributed by atoms with E-state index in [0.29, 0.717) is 22.9 Å². The maximum absolute atomic E-state index is 11.6. The summed E-state index contributed by atoms with van der Waals surface area (Å²) in [6, 6.07) is 3.20. The first-order valence-electron chi connectivity index (χ1n) is 5.61. The molecule has 2 amide bonds. The number of carboxylic acid groups (broad SMARTS) is 1. The molecule has 1 unspecified atom stereocenters. The predicted molar refractivity (Wildman–Crippen MR) is 71.9 cm³/mol. The van der Waals surface area contributed by atoms with Gasteiger partial charge in [0, 0.05) is 5.69 Å². The van der Waals surface area contributed by atoms with Crippen LogP contribution in [0, 0.1) is 0 Å². The number of halogens is 1. The average molecular weight is 287 g/mol. The Morgan fingerprint density at radius 2 is 2.16 bits per heavy atom. The number of rotatable bonds is 5. The maximum Gasteiger partial charge on any atom is 0.326 e. The van der Waals surface area contributed by atoms with E-state index in [9.17, 15) is 9.59 Å². The fourth-order valence-electron chi connectivity index (χ4n) is 1.41. The summed E-state index contributed by atoms with van der Waals surface area (Å²) >= 11 is 5.91. The number of amides is 2. The quantitative estimate of drug-likeness (QED) is 0.775. The third kappa shape index (κ3) is 4.33. The molecule has 0 aromatic heterocycles. The van der Waals surface area contributed by atoms with Crippen LogP contribution < -0.4 is 15.4 Å². The van der Waals surface area contributed by atoms with Gasteiger partial charge in [0.15, 0.2) is 0 Å². The second-order valence-corrected chi connectivity index (χ2v) is 4.15. The normalized spacial score (nSPS) is 11.5. The molecule has 0 heterocycles. The lowest BCUT2D eigenvalue weighted by Crippen LogP contribution is -2.42. The van der Waals surface area contributed by atoms with E-state index in [1.807, 2.05) is 0 Å². The lowest BCUT2D eigenvalue weighted by Gasteiger charge is -2.13. The number of urea groups is 1. The van der Waals surface area contributed by atoms with Crippen molar-refractivity contribution >= 4 is 29.3 Å². The van der Waals surface area contributed by atoms with Crippen LogP contribution in [-0.2, 0) is 4.79 Å². The Morgan fingerprint density at radius 3 is 2.63 bits per heavy atom. The summed E-state index contributed by atoms with van der Waals surface area (Å²) in [5.74, 6) is -0.588. The van der Waals surface area contributed by atoms with Crippen molar-refractivity contribution in [1.82, 2.24) is 5.32 Å². The van der Waals surface area contributed by atoms with Crippen molar-refractivity contribution in [3.05, 3.63) is 23.2 Å². The number of carbonyl (C=O) groups is 2. The van der Waals surface area contributed by atoms with Crippen molar-refractivity contribution < 1.29 is 19.4 Å². The number of hydrogen-bond acceptors (Lipinski definition) is 3. The highest BCUT2D eigenvalue weighted by atomic mass is 35.5. The Morgan fingerprint density at radius 1 is 1.47 bits per heavy atom. The van der Waals surface area contributed by atoms with Crippen LogP contribution in [0.1, 0.15) is 13.3 Å². The molecule has 0 spiro atoms. The molecule has 1 aromatic rings. The van der Waals surface area contributed by atoms with Crippen molar-refractivity contribution in [3.63, 3.8) is 0 Å². The van der Waals surface area contributed by atoms with E-state index in [-0.39, 0.29) is 0 Å². The smallest absolute Gasteiger partial charge is 0.326 e. The Bertz CT molecular complexity index is 479. The highest BCUT2D eigenvalue weighted by molar-refractivity contribution is 6.32. The van der Waals surface area contributed by atoms with Crippen LogP contribution in [0.3, 0.4) is 0 Å². The van der Waals surface area contributed by atoms with E-state index in [2.05, 4.69) is 10.6 Å². The molecule has 0 aliphatic heterocycles. The summed E-state index contributed by atoms with van der Waals surface area (Å²) < 4.78 is 4.98. The molecule has 19 heavy (non-hydrogen) atoms. The van der Waals surface area contributed by atoms with E-state index >= 15 is 0 Å². The molecule has 0 fully saturated rings. The minimum Gasteiger partial charge on any atom is -0.495 e. The van der Waals surface area contributed by atoms with Gasteiger partial charge in [-0.25, -0.2) is 9.59 Å². The van der Waals surface area contributed by atoms with Gasteiger partial charge in [-0.3, -0.25) is 0 Å². The SMILES string of the molecule is CCC(NC(=O)Nc1ccc(OC)c(Cl)c1)C(=O)O. The first kappa shape index (κ1) is 15.1. The molecule has 1 aromatic carbocycles. The van der Waals surface area contributed by atoms with Crippen LogP contribution in [0.2, 0.25) is 5.02 Å². The minimum atomic E-state index is -1.08. The molecule has 0 aliphatic rings. The van der Waals surface area contributed by atoms with Gasteiger partial charge in [-0.15, -0.1) is 0 Å². The Kier molecular flexibility index (Phi) is 5.44. The number of benzene rings is 1. The molecule has 1 rings (SSSR count). The van der Waals surface area contributed by atoms with Crippen molar-refractivity contribution in [3.8, 4) is 5.75 Å². The summed E-state index contributed by atoms with van der Waals surface area (Å²) in [5, 5.41) is 14.0. The molecule has 6 nitrogen and oxygen atoms in total. The lowest BCUT2D eigenvalue weighted by atomic mass is 10.2. The van der Waals surface area contributed by atoms with E-state index in [1.165, 1.54) is 13.2 Å². The molecule has 104 valence electrons. The monoisotopic (exact) mass is 286 g/mol. The topological polar surface area (TPSA) is 87.7 Å². The van der Waals surface area contributed by atoms with E-state index in [0.717, 1.165) is 0 Å². The van der Waals surface area contributed by atoms with Crippen molar-refractivity contribution in [2.24, 2.45) is 0 Å². The number of ether oxygens (including phenoxy) is 1. The molecule has 3 N–H and O–H groups in total. The molecular formula is C12H15ClN2O4. The molecule has 0 saturated carbocycles. The molecule has 0 radical (unpaired) electrons. The summed E-state index contributed by atoms with van der Waals surface area (Å²) in [7, 11) is 1.49. The summed E-state index contributed by atoms with van der Waals surface area (Å²) in [6.07, 6.45) is 0.298. The van der Waals surface area contributed by atoms with Crippen LogP contribution >= 0.6 is 11.6 Å². The third-order valence-electron chi connectivity index (χ3n) is 2.42. The number of methoxy groups -OCH3 is 1. The number of hydrogen-bond donors (Lipinski definition) is 3. The first-order chi connectivity index (χ1) is 8.97. The van der Waals surface area contributed by atoms with Crippen LogP contribution in [0.4, 0.5) is 10.5 Å². The van der Waals surface area contributed by atoms with Crippen LogP contribution in [-0.4, -0.2) is 30.3 Å². The molecular weight excluding hydrogens is 272 g/mol. The standard InChI is InChI=1S/C12H15ClN2O4/c1-3-9(11(16)17)15-12(18)14-7-4-5-10(19-2)8(13)6-7/h4-6,9H,3H2,1-2H3,(H,16,17)(H2,14,15,18). The van der Waals surface area contributed by atoms with Crippen LogP contribution in [0.25, 0.3) is 0 Å². The van der Waals surface area contributed by atoms with Gasteiger partial charge in [-0.05, 0) is 24.6 Å².